The van der Waals surface area contributed by atoms with Crippen molar-refractivity contribution in [2.24, 2.45) is 0 Å². The molecule has 0 saturated carbocycles. The van der Waals surface area contributed by atoms with Gasteiger partial charge in [-0.2, -0.15) is 9.40 Å². The van der Waals surface area contributed by atoms with E-state index in [0.717, 1.165) is 11.5 Å². The SMILES string of the molecule is Cc1ccc(N2CCN(S(=O)(=O)c3cc(C)c(Cl)cc3Cl)CC2)nn1. The highest BCUT2D eigenvalue weighted by molar-refractivity contribution is 7.89. The van der Waals surface area contributed by atoms with Crippen LogP contribution in [0.2, 0.25) is 10.0 Å². The lowest BCUT2D eigenvalue weighted by Crippen LogP contribution is -2.49. The maximum Gasteiger partial charge on any atom is 0.244 e. The number of hydrogen-bond acceptors (Lipinski definition) is 5. The molecule has 1 aliphatic heterocycles. The average Bonchev–Trinajstić information content (AvgIpc) is 2.59. The van der Waals surface area contributed by atoms with Crippen LogP contribution in [0.25, 0.3) is 0 Å². The van der Waals surface area contributed by atoms with E-state index in [1.165, 1.54) is 16.4 Å². The summed E-state index contributed by atoms with van der Waals surface area (Å²) in [5, 5.41) is 8.79. The highest BCUT2D eigenvalue weighted by Gasteiger charge is 2.31. The number of hydrogen-bond donors (Lipinski definition) is 0. The number of rotatable bonds is 3. The molecule has 0 radical (unpaired) electrons. The molecule has 25 heavy (non-hydrogen) atoms. The molecule has 9 heteroatoms. The minimum absolute atomic E-state index is 0.0969. The van der Waals surface area contributed by atoms with Crippen LogP contribution in [0.4, 0.5) is 5.82 Å². The van der Waals surface area contributed by atoms with Crippen LogP contribution in [0, 0.1) is 13.8 Å². The number of aromatic nitrogens is 2. The topological polar surface area (TPSA) is 66.4 Å². The molecular formula is C16H18Cl2N4O2S. The van der Waals surface area contributed by atoms with Crippen LogP contribution >= 0.6 is 23.2 Å². The quantitative estimate of drug-likeness (QED) is 0.791. The molecule has 2 aromatic rings. The normalized spacial score (nSPS) is 16.2. The van der Waals surface area contributed by atoms with Gasteiger partial charge in [-0.25, -0.2) is 8.42 Å². The number of nitrogens with zero attached hydrogens (tertiary/aromatic N) is 4. The maximum atomic E-state index is 12.9. The first-order valence-corrected chi connectivity index (χ1v) is 10.00. The van der Waals surface area contributed by atoms with Crippen LogP contribution in [0.3, 0.4) is 0 Å². The minimum Gasteiger partial charge on any atom is -0.352 e. The molecule has 0 aliphatic carbocycles. The summed E-state index contributed by atoms with van der Waals surface area (Å²) >= 11 is 12.1. The van der Waals surface area contributed by atoms with Gasteiger partial charge in [-0.05, 0) is 43.7 Å². The van der Waals surface area contributed by atoms with Gasteiger partial charge in [0.25, 0.3) is 0 Å². The Labute approximate surface area is 157 Å². The van der Waals surface area contributed by atoms with Crippen LogP contribution < -0.4 is 4.90 Å². The molecule has 1 fully saturated rings. The van der Waals surface area contributed by atoms with Gasteiger partial charge >= 0.3 is 0 Å². The molecule has 0 bridgehead atoms. The highest BCUT2D eigenvalue weighted by atomic mass is 35.5. The molecule has 0 atom stereocenters. The third-order valence-corrected chi connectivity index (χ3v) is 6.95. The van der Waals surface area contributed by atoms with Crippen molar-refractivity contribution in [3.05, 3.63) is 45.6 Å². The predicted octanol–water partition coefficient (Wildman–Crippen LogP) is 2.91. The molecule has 0 unspecified atom stereocenters. The molecule has 3 rings (SSSR count). The first kappa shape index (κ1) is 18.4. The van der Waals surface area contributed by atoms with Crippen molar-refractivity contribution < 1.29 is 8.42 Å². The molecule has 1 aliphatic rings. The Morgan fingerprint density at radius 2 is 1.64 bits per heavy atom. The number of piperazine rings is 1. The van der Waals surface area contributed by atoms with Crippen molar-refractivity contribution in [2.45, 2.75) is 18.7 Å². The number of anilines is 1. The zero-order chi connectivity index (χ0) is 18.2. The predicted molar refractivity (Wildman–Crippen MR) is 98.9 cm³/mol. The third-order valence-electron chi connectivity index (χ3n) is 4.18. The Hall–Kier alpha value is -1.41. The van der Waals surface area contributed by atoms with Crippen molar-refractivity contribution in [3.8, 4) is 0 Å². The van der Waals surface area contributed by atoms with Gasteiger partial charge in [0.05, 0.1) is 10.7 Å². The zero-order valence-electron chi connectivity index (χ0n) is 13.9. The molecule has 0 N–H and O–H groups in total. The molecule has 1 saturated heterocycles. The minimum atomic E-state index is -3.66. The summed E-state index contributed by atoms with van der Waals surface area (Å²) in [4.78, 5) is 2.12. The standard InChI is InChI=1S/C16H18Cl2N4O2S/c1-11-9-15(14(18)10-13(11)17)25(23,24)22-7-5-21(6-8-22)16-4-3-12(2)19-20-16/h3-4,9-10H,5-8H2,1-2H3. The van der Waals surface area contributed by atoms with Gasteiger partial charge in [-0.1, -0.05) is 23.2 Å². The van der Waals surface area contributed by atoms with Gasteiger partial charge in [0.1, 0.15) is 4.90 Å². The summed E-state index contributed by atoms with van der Waals surface area (Å²) < 4.78 is 27.3. The number of benzene rings is 1. The molecule has 6 nitrogen and oxygen atoms in total. The van der Waals surface area contributed by atoms with Gasteiger partial charge in [-0.15, -0.1) is 5.10 Å². The second-order valence-corrected chi connectivity index (χ2v) is 8.68. The number of aryl methyl sites for hydroxylation is 2. The van der Waals surface area contributed by atoms with Gasteiger partial charge in [0.15, 0.2) is 5.82 Å². The summed E-state index contributed by atoms with van der Waals surface area (Å²) in [5.41, 5.74) is 1.52. The first-order valence-electron chi connectivity index (χ1n) is 7.80. The Morgan fingerprint density at radius 3 is 2.24 bits per heavy atom. The van der Waals surface area contributed by atoms with E-state index in [-0.39, 0.29) is 9.92 Å². The Morgan fingerprint density at radius 1 is 0.960 bits per heavy atom. The molecule has 1 aromatic heterocycles. The fourth-order valence-corrected chi connectivity index (χ4v) is 4.91. The summed E-state index contributed by atoms with van der Waals surface area (Å²) in [6, 6.07) is 6.79. The van der Waals surface area contributed by atoms with Gasteiger partial charge in [0.2, 0.25) is 10.0 Å². The summed E-state index contributed by atoms with van der Waals surface area (Å²) in [6.07, 6.45) is 0. The van der Waals surface area contributed by atoms with Crippen LogP contribution in [0.15, 0.2) is 29.2 Å². The van der Waals surface area contributed by atoms with E-state index >= 15 is 0 Å². The van der Waals surface area contributed by atoms with Crippen molar-refractivity contribution >= 4 is 39.0 Å². The summed E-state index contributed by atoms with van der Waals surface area (Å²) in [5.74, 6) is 0.753. The highest BCUT2D eigenvalue weighted by Crippen LogP contribution is 2.30. The molecular weight excluding hydrogens is 383 g/mol. The molecule has 0 spiro atoms. The van der Waals surface area contributed by atoms with E-state index in [0.29, 0.717) is 36.8 Å². The largest absolute Gasteiger partial charge is 0.352 e. The van der Waals surface area contributed by atoms with Crippen molar-refractivity contribution in [2.75, 3.05) is 31.1 Å². The fourth-order valence-electron chi connectivity index (χ4n) is 2.69. The fraction of sp³-hybridized carbons (Fsp3) is 0.375. The first-order chi connectivity index (χ1) is 11.8. The Kier molecular flexibility index (Phi) is 5.20. The van der Waals surface area contributed by atoms with E-state index in [1.54, 1.807) is 6.92 Å². The van der Waals surface area contributed by atoms with Crippen molar-refractivity contribution in [1.82, 2.24) is 14.5 Å². The summed E-state index contributed by atoms with van der Waals surface area (Å²) in [6.45, 7) is 5.43. The van der Waals surface area contributed by atoms with Crippen LogP contribution in [-0.2, 0) is 10.0 Å². The van der Waals surface area contributed by atoms with Crippen LogP contribution in [0.5, 0.6) is 0 Å². The summed E-state index contributed by atoms with van der Waals surface area (Å²) in [7, 11) is -3.66. The second kappa shape index (κ2) is 7.07. The number of halogens is 2. The third kappa shape index (κ3) is 3.74. The lowest BCUT2D eigenvalue weighted by molar-refractivity contribution is 0.383. The van der Waals surface area contributed by atoms with Crippen LogP contribution in [-0.4, -0.2) is 49.1 Å². The Balaban J connectivity index is 1.78. The van der Waals surface area contributed by atoms with E-state index in [1.807, 2.05) is 24.0 Å². The van der Waals surface area contributed by atoms with Crippen molar-refractivity contribution in [3.63, 3.8) is 0 Å². The number of sulfonamides is 1. The van der Waals surface area contributed by atoms with E-state index in [9.17, 15) is 8.42 Å². The van der Waals surface area contributed by atoms with Gasteiger partial charge in [-0.3, -0.25) is 0 Å². The monoisotopic (exact) mass is 400 g/mol. The van der Waals surface area contributed by atoms with E-state index < -0.39 is 10.0 Å². The zero-order valence-corrected chi connectivity index (χ0v) is 16.2. The maximum absolute atomic E-state index is 12.9. The van der Waals surface area contributed by atoms with Gasteiger partial charge < -0.3 is 4.90 Å². The van der Waals surface area contributed by atoms with Crippen molar-refractivity contribution in [1.29, 1.82) is 0 Å². The van der Waals surface area contributed by atoms with Gasteiger partial charge in [0, 0.05) is 31.2 Å². The van der Waals surface area contributed by atoms with E-state index in [4.69, 9.17) is 23.2 Å². The smallest absolute Gasteiger partial charge is 0.244 e. The molecule has 1 aromatic carbocycles. The van der Waals surface area contributed by atoms with Crippen LogP contribution in [0.1, 0.15) is 11.3 Å². The average molecular weight is 401 g/mol. The molecule has 2 heterocycles. The molecule has 0 amide bonds. The van der Waals surface area contributed by atoms with E-state index in [2.05, 4.69) is 10.2 Å². The lowest BCUT2D eigenvalue weighted by Gasteiger charge is -2.34. The second-order valence-electron chi connectivity index (χ2n) is 5.96. The Bertz CT molecular complexity index is 880. The molecule has 134 valence electrons. The lowest BCUT2D eigenvalue weighted by atomic mass is 10.2.